The van der Waals surface area contributed by atoms with Gasteiger partial charge in [-0.15, -0.1) is 0 Å². The highest BCUT2D eigenvalue weighted by atomic mass is 19.1. The monoisotopic (exact) mass is 258 g/mol. The second-order valence-electron chi connectivity index (χ2n) is 5.00. The molecule has 0 saturated carbocycles. The Morgan fingerprint density at radius 1 is 1.06 bits per heavy atom. The first-order chi connectivity index (χ1) is 8.12. The summed E-state index contributed by atoms with van der Waals surface area (Å²) < 4.78 is 39.5. The maximum Gasteiger partial charge on any atom is 0.221 e. The first-order valence-corrected chi connectivity index (χ1v) is 5.31. The van der Waals surface area contributed by atoms with E-state index in [9.17, 15) is 22.8 Å². The van der Waals surface area contributed by atoms with Crippen LogP contribution in [0.25, 0.3) is 0 Å². The molecular formula is C13H13F3O2. The van der Waals surface area contributed by atoms with Gasteiger partial charge in [-0.1, -0.05) is 20.8 Å². The Hall–Kier alpha value is -1.65. The zero-order chi connectivity index (χ0) is 14.1. The number of hydrogen-bond donors (Lipinski definition) is 0. The van der Waals surface area contributed by atoms with Crippen molar-refractivity contribution in [3.63, 3.8) is 0 Å². The highest BCUT2D eigenvalue weighted by Gasteiger charge is 2.35. The lowest BCUT2D eigenvalue weighted by Crippen LogP contribution is -2.35. The summed E-state index contributed by atoms with van der Waals surface area (Å²) in [4.78, 5) is 23.2. The quantitative estimate of drug-likeness (QED) is 0.616. The molecule has 0 radical (unpaired) electrons. The van der Waals surface area contributed by atoms with E-state index in [1.807, 2.05) is 0 Å². The minimum absolute atomic E-state index is 0.488. The Bertz CT molecular complexity index is 469. The Morgan fingerprint density at radius 3 is 1.89 bits per heavy atom. The highest BCUT2D eigenvalue weighted by molar-refractivity contribution is 6.14. The predicted molar refractivity (Wildman–Crippen MR) is 60.0 cm³/mol. The number of benzene rings is 1. The zero-order valence-corrected chi connectivity index (χ0v) is 10.3. The molecule has 0 aliphatic heterocycles. The summed E-state index contributed by atoms with van der Waals surface area (Å²) in [6, 6.07) is 1.97. The second kappa shape index (κ2) is 4.92. The zero-order valence-electron chi connectivity index (χ0n) is 10.3. The SMILES string of the molecule is CC(C)(C)C(=O)C(F)C(=O)c1cc(F)cc(F)c1. The molecule has 0 aliphatic rings. The van der Waals surface area contributed by atoms with Crippen LogP contribution in [0.2, 0.25) is 0 Å². The summed E-state index contributed by atoms with van der Waals surface area (Å²) in [6.45, 7) is 4.38. The molecule has 1 atom stereocenters. The van der Waals surface area contributed by atoms with Gasteiger partial charge in [0.2, 0.25) is 12.0 Å². The van der Waals surface area contributed by atoms with Crippen LogP contribution in [0.1, 0.15) is 31.1 Å². The lowest BCUT2D eigenvalue weighted by atomic mass is 9.86. The van der Waals surface area contributed by atoms with Gasteiger partial charge in [0, 0.05) is 17.0 Å². The standard InChI is InChI=1S/C13H13F3O2/c1-13(2,3)12(18)10(16)11(17)7-4-8(14)6-9(15)5-7/h4-6,10H,1-3H3. The third-order valence-electron chi connectivity index (χ3n) is 2.35. The summed E-state index contributed by atoms with van der Waals surface area (Å²) in [6.07, 6.45) is -2.41. The first kappa shape index (κ1) is 14.4. The molecule has 0 fully saturated rings. The first-order valence-electron chi connectivity index (χ1n) is 5.31. The lowest BCUT2D eigenvalue weighted by Gasteiger charge is -2.18. The molecular weight excluding hydrogens is 245 g/mol. The Labute approximate surface area is 103 Å². The fraction of sp³-hybridized carbons (Fsp3) is 0.385. The van der Waals surface area contributed by atoms with E-state index in [1.54, 1.807) is 0 Å². The van der Waals surface area contributed by atoms with Gasteiger partial charge in [0.15, 0.2) is 5.78 Å². The maximum atomic E-state index is 13.7. The van der Waals surface area contributed by atoms with E-state index in [4.69, 9.17) is 0 Å². The lowest BCUT2D eigenvalue weighted by molar-refractivity contribution is -0.129. The fourth-order valence-corrected chi connectivity index (χ4v) is 1.34. The van der Waals surface area contributed by atoms with E-state index >= 15 is 0 Å². The van der Waals surface area contributed by atoms with Crippen LogP contribution in [0.4, 0.5) is 13.2 Å². The molecule has 1 unspecified atom stereocenters. The summed E-state index contributed by atoms with van der Waals surface area (Å²) in [5.74, 6) is -4.13. The van der Waals surface area contributed by atoms with Crippen LogP contribution in [0.3, 0.4) is 0 Å². The molecule has 0 saturated heterocycles. The normalized spacial score (nSPS) is 13.2. The van der Waals surface area contributed by atoms with Gasteiger partial charge >= 0.3 is 0 Å². The smallest absolute Gasteiger partial charge is 0.221 e. The molecule has 5 heteroatoms. The molecule has 0 aromatic heterocycles. The maximum absolute atomic E-state index is 13.7. The van der Waals surface area contributed by atoms with Crippen molar-refractivity contribution in [3.8, 4) is 0 Å². The second-order valence-corrected chi connectivity index (χ2v) is 5.00. The molecule has 0 spiro atoms. The molecule has 0 bridgehead atoms. The van der Waals surface area contributed by atoms with Gasteiger partial charge in [-0.2, -0.15) is 0 Å². The summed E-state index contributed by atoms with van der Waals surface area (Å²) in [7, 11) is 0. The minimum atomic E-state index is -2.41. The Morgan fingerprint density at radius 2 is 1.50 bits per heavy atom. The topological polar surface area (TPSA) is 34.1 Å². The van der Waals surface area contributed by atoms with Crippen molar-refractivity contribution in [1.82, 2.24) is 0 Å². The Balaban J connectivity index is 3.04. The molecule has 0 N–H and O–H groups in total. The fourth-order valence-electron chi connectivity index (χ4n) is 1.34. The Kier molecular flexibility index (Phi) is 3.94. The van der Waals surface area contributed by atoms with E-state index in [0.29, 0.717) is 18.2 Å². The van der Waals surface area contributed by atoms with Gasteiger partial charge in [-0.05, 0) is 12.1 Å². The number of alkyl halides is 1. The number of hydrogen-bond acceptors (Lipinski definition) is 2. The third-order valence-corrected chi connectivity index (χ3v) is 2.35. The average molecular weight is 258 g/mol. The van der Waals surface area contributed by atoms with Crippen LogP contribution < -0.4 is 0 Å². The molecule has 2 nitrogen and oxygen atoms in total. The molecule has 0 heterocycles. The van der Waals surface area contributed by atoms with Crippen LogP contribution in [-0.4, -0.2) is 17.7 Å². The van der Waals surface area contributed by atoms with Crippen LogP contribution in [0.5, 0.6) is 0 Å². The third kappa shape index (κ3) is 3.18. The number of rotatable bonds is 3. The van der Waals surface area contributed by atoms with E-state index in [0.717, 1.165) is 0 Å². The molecule has 0 aliphatic carbocycles. The van der Waals surface area contributed by atoms with Gasteiger partial charge < -0.3 is 0 Å². The minimum Gasteiger partial charge on any atom is -0.295 e. The van der Waals surface area contributed by atoms with Crippen molar-refractivity contribution in [3.05, 3.63) is 35.4 Å². The van der Waals surface area contributed by atoms with Gasteiger partial charge in [0.1, 0.15) is 11.6 Å². The van der Waals surface area contributed by atoms with Crippen molar-refractivity contribution >= 4 is 11.6 Å². The van der Waals surface area contributed by atoms with Crippen molar-refractivity contribution in [2.45, 2.75) is 26.9 Å². The molecule has 1 aromatic rings. The summed E-state index contributed by atoms with van der Waals surface area (Å²) in [5, 5.41) is 0. The summed E-state index contributed by atoms with van der Waals surface area (Å²) in [5.41, 5.74) is -1.53. The van der Waals surface area contributed by atoms with Crippen molar-refractivity contribution in [2.24, 2.45) is 5.41 Å². The van der Waals surface area contributed by atoms with Crippen LogP contribution in [0, 0.1) is 17.0 Å². The van der Waals surface area contributed by atoms with Crippen molar-refractivity contribution in [2.75, 3.05) is 0 Å². The van der Waals surface area contributed by atoms with Crippen LogP contribution >= 0.6 is 0 Å². The number of Topliss-reactive ketones (excluding diaryl/α,β-unsaturated/α-hetero) is 2. The highest BCUT2D eigenvalue weighted by Crippen LogP contribution is 2.21. The van der Waals surface area contributed by atoms with Crippen LogP contribution in [-0.2, 0) is 4.79 Å². The van der Waals surface area contributed by atoms with E-state index < -0.39 is 40.4 Å². The molecule has 98 valence electrons. The van der Waals surface area contributed by atoms with E-state index in [2.05, 4.69) is 0 Å². The van der Waals surface area contributed by atoms with Gasteiger partial charge in [0.05, 0.1) is 0 Å². The van der Waals surface area contributed by atoms with E-state index in [-0.39, 0.29) is 0 Å². The van der Waals surface area contributed by atoms with Gasteiger partial charge in [-0.3, -0.25) is 9.59 Å². The van der Waals surface area contributed by atoms with Crippen molar-refractivity contribution in [1.29, 1.82) is 0 Å². The largest absolute Gasteiger partial charge is 0.295 e. The van der Waals surface area contributed by atoms with E-state index in [1.165, 1.54) is 20.8 Å². The average Bonchev–Trinajstić information content (AvgIpc) is 2.23. The molecule has 0 amide bonds. The molecule has 18 heavy (non-hydrogen) atoms. The van der Waals surface area contributed by atoms with Crippen molar-refractivity contribution < 1.29 is 22.8 Å². The molecule has 1 rings (SSSR count). The predicted octanol–water partition coefficient (Wildman–Crippen LogP) is 3.10. The van der Waals surface area contributed by atoms with Crippen LogP contribution in [0.15, 0.2) is 18.2 Å². The number of carbonyl (C=O) groups is 2. The summed E-state index contributed by atoms with van der Waals surface area (Å²) >= 11 is 0. The van der Waals surface area contributed by atoms with Gasteiger partial charge in [0.25, 0.3) is 0 Å². The van der Waals surface area contributed by atoms with Gasteiger partial charge in [-0.25, -0.2) is 13.2 Å². The number of halogens is 3. The number of carbonyl (C=O) groups excluding carboxylic acids is 2. The number of ketones is 2. The molecule has 1 aromatic carbocycles.